The second-order valence-corrected chi connectivity index (χ2v) is 7.57. The van der Waals surface area contributed by atoms with Gasteiger partial charge in [-0.2, -0.15) is 0 Å². The number of likely N-dealkylation sites (tertiary alicyclic amines) is 1. The van der Waals surface area contributed by atoms with Gasteiger partial charge in [-0.25, -0.2) is 0 Å². The van der Waals surface area contributed by atoms with Crippen molar-refractivity contribution in [3.63, 3.8) is 0 Å². The third kappa shape index (κ3) is 3.46. The first-order chi connectivity index (χ1) is 13.5. The molecule has 0 aliphatic carbocycles. The summed E-state index contributed by atoms with van der Waals surface area (Å²) in [5.41, 5.74) is 1.58. The van der Waals surface area contributed by atoms with Gasteiger partial charge in [-0.1, -0.05) is 17.3 Å². The Morgan fingerprint density at radius 3 is 2.64 bits per heavy atom. The average molecular weight is 384 g/mol. The van der Waals surface area contributed by atoms with E-state index in [1.807, 2.05) is 28.9 Å². The lowest BCUT2D eigenvalue weighted by Gasteiger charge is -2.35. The number of carbonyl (C=O) groups is 1. The summed E-state index contributed by atoms with van der Waals surface area (Å²) >= 11 is 0. The molecule has 2 fully saturated rings. The minimum Gasteiger partial charge on any atom is -0.366 e. The zero-order valence-corrected chi connectivity index (χ0v) is 15.9. The number of nitro benzene ring substituents is 1. The van der Waals surface area contributed by atoms with Crippen LogP contribution in [0, 0.1) is 23.0 Å². The second kappa shape index (κ2) is 7.61. The van der Waals surface area contributed by atoms with E-state index in [4.69, 9.17) is 4.52 Å². The van der Waals surface area contributed by atoms with Gasteiger partial charge in [-0.15, -0.1) is 0 Å². The highest BCUT2D eigenvalue weighted by molar-refractivity contribution is 5.80. The maximum Gasteiger partial charge on any atom is 0.292 e. The van der Waals surface area contributed by atoms with E-state index >= 15 is 0 Å². The number of aromatic nitrogens is 1. The van der Waals surface area contributed by atoms with Gasteiger partial charge >= 0.3 is 0 Å². The quantitative estimate of drug-likeness (QED) is 0.592. The van der Waals surface area contributed by atoms with E-state index in [0.717, 1.165) is 30.8 Å². The van der Waals surface area contributed by atoms with Crippen LogP contribution in [0.2, 0.25) is 0 Å². The van der Waals surface area contributed by atoms with Crippen LogP contribution in [0.15, 0.2) is 34.9 Å². The van der Waals surface area contributed by atoms with E-state index in [1.165, 1.54) is 6.07 Å². The molecule has 0 spiro atoms. The van der Waals surface area contributed by atoms with Crippen LogP contribution in [0.4, 0.5) is 11.4 Å². The molecule has 0 bridgehead atoms. The number of aryl methyl sites for hydroxylation is 1. The molecular weight excluding hydrogens is 360 g/mol. The maximum absolute atomic E-state index is 13.1. The molecule has 2 aliphatic rings. The van der Waals surface area contributed by atoms with Crippen molar-refractivity contribution in [3.8, 4) is 0 Å². The summed E-state index contributed by atoms with van der Waals surface area (Å²) in [6, 6.07) is 8.68. The monoisotopic (exact) mass is 384 g/mol. The summed E-state index contributed by atoms with van der Waals surface area (Å²) in [5.74, 6) is 0.878. The summed E-state index contributed by atoms with van der Waals surface area (Å²) in [6.45, 7) is 3.91. The van der Waals surface area contributed by atoms with Crippen molar-refractivity contribution in [1.82, 2.24) is 10.1 Å². The van der Waals surface area contributed by atoms with Gasteiger partial charge in [0, 0.05) is 37.7 Å². The summed E-state index contributed by atoms with van der Waals surface area (Å²) < 4.78 is 5.41. The first-order valence-corrected chi connectivity index (χ1v) is 9.76. The number of para-hydroxylation sites is 2. The van der Waals surface area contributed by atoms with Crippen molar-refractivity contribution < 1.29 is 14.2 Å². The highest BCUT2D eigenvalue weighted by Crippen LogP contribution is 2.36. The fraction of sp³-hybridized carbons (Fsp3) is 0.500. The molecule has 4 rings (SSSR count). The Balaban J connectivity index is 1.42. The van der Waals surface area contributed by atoms with Crippen molar-refractivity contribution in [2.24, 2.45) is 5.92 Å². The fourth-order valence-electron chi connectivity index (χ4n) is 4.35. The van der Waals surface area contributed by atoms with Gasteiger partial charge in [0.15, 0.2) is 5.76 Å². The van der Waals surface area contributed by atoms with E-state index < -0.39 is 0 Å². The van der Waals surface area contributed by atoms with Crippen molar-refractivity contribution in [1.29, 1.82) is 0 Å². The molecular formula is C20H24N4O4. The predicted octanol–water partition coefficient (Wildman–Crippen LogP) is 3.47. The smallest absolute Gasteiger partial charge is 0.292 e. The molecule has 1 aromatic heterocycles. The number of hydrogen-bond donors (Lipinski definition) is 0. The van der Waals surface area contributed by atoms with Crippen LogP contribution in [0.25, 0.3) is 0 Å². The average Bonchev–Trinajstić information content (AvgIpc) is 3.36. The molecule has 1 amide bonds. The van der Waals surface area contributed by atoms with Gasteiger partial charge < -0.3 is 14.3 Å². The Labute approximate surface area is 163 Å². The lowest BCUT2D eigenvalue weighted by atomic mass is 9.94. The molecule has 1 atom stereocenters. The molecule has 0 N–H and O–H groups in total. The summed E-state index contributed by atoms with van der Waals surface area (Å²) in [4.78, 5) is 28.0. The molecule has 2 aliphatic heterocycles. The molecule has 2 saturated heterocycles. The van der Waals surface area contributed by atoms with Crippen LogP contribution in [0.5, 0.6) is 0 Å². The predicted molar refractivity (Wildman–Crippen MR) is 103 cm³/mol. The third-order valence-corrected chi connectivity index (χ3v) is 5.77. The maximum atomic E-state index is 13.1. The number of rotatable bonds is 4. The Morgan fingerprint density at radius 1 is 1.21 bits per heavy atom. The molecule has 148 valence electrons. The number of hydrogen-bond acceptors (Lipinski definition) is 6. The lowest BCUT2D eigenvalue weighted by Crippen LogP contribution is -2.42. The van der Waals surface area contributed by atoms with Crippen LogP contribution < -0.4 is 4.90 Å². The number of nitro groups is 1. The molecule has 3 heterocycles. The van der Waals surface area contributed by atoms with E-state index in [9.17, 15) is 14.9 Å². The van der Waals surface area contributed by atoms with Crippen molar-refractivity contribution in [2.75, 3.05) is 24.5 Å². The molecule has 0 saturated carbocycles. The number of anilines is 1. The number of carbonyl (C=O) groups excluding carboxylic acids is 1. The normalized spacial score (nSPS) is 20.5. The Bertz CT molecular complexity index is 873. The Kier molecular flexibility index (Phi) is 5.02. The third-order valence-electron chi connectivity index (χ3n) is 5.77. The zero-order chi connectivity index (χ0) is 19.7. The van der Waals surface area contributed by atoms with Crippen molar-refractivity contribution in [2.45, 2.75) is 38.6 Å². The van der Waals surface area contributed by atoms with Gasteiger partial charge in [0.1, 0.15) is 5.69 Å². The van der Waals surface area contributed by atoms with Crippen molar-refractivity contribution >= 4 is 17.3 Å². The first kappa shape index (κ1) is 18.5. The standard InChI is InChI=1S/C20H24N4O4/c1-14-13-19(28-21-14)18-7-4-10-23(18)20(25)15-8-11-22(12-9-15)16-5-2-3-6-17(16)24(26)27/h2-3,5-6,13,15,18H,4,7-12H2,1H3/t18-/m0/s1. The molecule has 8 nitrogen and oxygen atoms in total. The first-order valence-electron chi connectivity index (χ1n) is 9.76. The number of benzene rings is 1. The molecule has 2 aromatic rings. The minimum atomic E-state index is -0.346. The highest BCUT2D eigenvalue weighted by Gasteiger charge is 2.37. The van der Waals surface area contributed by atoms with E-state index in [-0.39, 0.29) is 28.5 Å². The summed E-state index contributed by atoms with van der Waals surface area (Å²) in [7, 11) is 0. The van der Waals surface area contributed by atoms with Crippen LogP contribution in [-0.2, 0) is 4.79 Å². The molecule has 1 aromatic carbocycles. The van der Waals surface area contributed by atoms with E-state index in [1.54, 1.807) is 12.1 Å². The number of amides is 1. The molecule has 0 radical (unpaired) electrons. The van der Waals surface area contributed by atoms with Crippen LogP contribution in [0.1, 0.15) is 43.2 Å². The van der Waals surface area contributed by atoms with Gasteiger partial charge in [0.05, 0.1) is 16.7 Å². The largest absolute Gasteiger partial charge is 0.366 e. The van der Waals surface area contributed by atoms with Crippen LogP contribution in [-0.4, -0.2) is 40.5 Å². The zero-order valence-electron chi connectivity index (χ0n) is 15.9. The number of piperidine rings is 1. The highest BCUT2D eigenvalue weighted by atomic mass is 16.6. The Morgan fingerprint density at radius 2 is 1.96 bits per heavy atom. The SMILES string of the molecule is Cc1cc([C@@H]2CCCN2C(=O)C2CCN(c3ccccc3[N+](=O)[O-])CC2)on1. The molecule has 28 heavy (non-hydrogen) atoms. The van der Waals surface area contributed by atoms with Gasteiger partial charge in [0.2, 0.25) is 5.91 Å². The van der Waals surface area contributed by atoms with Crippen LogP contribution in [0.3, 0.4) is 0 Å². The fourth-order valence-corrected chi connectivity index (χ4v) is 4.35. The molecule has 8 heteroatoms. The van der Waals surface area contributed by atoms with E-state index in [0.29, 0.717) is 31.6 Å². The molecule has 0 unspecified atom stereocenters. The van der Waals surface area contributed by atoms with Gasteiger partial charge in [-0.3, -0.25) is 14.9 Å². The van der Waals surface area contributed by atoms with Crippen molar-refractivity contribution in [3.05, 3.63) is 51.9 Å². The number of nitrogens with zero attached hydrogens (tertiary/aromatic N) is 4. The minimum absolute atomic E-state index is 0.0260. The summed E-state index contributed by atoms with van der Waals surface area (Å²) in [6.07, 6.45) is 3.26. The lowest BCUT2D eigenvalue weighted by molar-refractivity contribution is -0.384. The topological polar surface area (TPSA) is 92.7 Å². The van der Waals surface area contributed by atoms with Gasteiger partial charge in [-0.05, 0) is 38.7 Å². The van der Waals surface area contributed by atoms with Crippen LogP contribution >= 0.6 is 0 Å². The van der Waals surface area contributed by atoms with Gasteiger partial charge in [0.25, 0.3) is 5.69 Å². The second-order valence-electron chi connectivity index (χ2n) is 7.57. The Hall–Kier alpha value is -2.90. The summed E-state index contributed by atoms with van der Waals surface area (Å²) in [5, 5.41) is 15.2. The van der Waals surface area contributed by atoms with E-state index in [2.05, 4.69) is 5.16 Å².